The van der Waals surface area contributed by atoms with E-state index in [1.165, 1.54) is 0 Å². The van der Waals surface area contributed by atoms with Crippen LogP contribution in [0, 0.1) is 0 Å². The highest BCUT2D eigenvalue weighted by Crippen LogP contribution is 2.34. The molecule has 0 aromatic heterocycles. The molecule has 3 nitrogen and oxygen atoms in total. The Kier molecular flexibility index (Phi) is 6.88. The van der Waals surface area contributed by atoms with Crippen molar-refractivity contribution in [3.63, 3.8) is 0 Å². The largest absolute Gasteiger partial charge is 0.463 e. The predicted molar refractivity (Wildman–Crippen MR) is 115 cm³/mol. The lowest BCUT2D eigenvalue weighted by atomic mass is 9.92. The van der Waals surface area contributed by atoms with Crippen LogP contribution in [0.5, 0.6) is 0 Å². The van der Waals surface area contributed by atoms with Crippen molar-refractivity contribution in [2.75, 3.05) is 11.9 Å². The molecule has 0 aliphatic heterocycles. The van der Waals surface area contributed by atoms with E-state index in [2.05, 4.69) is 5.32 Å². The zero-order valence-electron chi connectivity index (χ0n) is 15.6. The van der Waals surface area contributed by atoms with Gasteiger partial charge < -0.3 is 10.1 Å². The first-order chi connectivity index (χ1) is 13.7. The van der Waals surface area contributed by atoms with E-state index in [1.807, 2.05) is 84.9 Å². The number of carbonyl (C=O) groups is 1. The van der Waals surface area contributed by atoms with Gasteiger partial charge >= 0.3 is 5.97 Å². The summed E-state index contributed by atoms with van der Waals surface area (Å²) in [5.74, 6) is -0.366. The summed E-state index contributed by atoms with van der Waals surface area (Å²) in [5.41, 5.74) is 3.71. The van der Waals surface area contributed by atoms with E-state index in [0.29, 0.717) is 11.6 Å². The smallest absolute Gasteiger partial charge is 0.331 e. The molecular weight excluding hydrogens is 370 g/mol. The zero-order chi connectivity index (χ0) is 19.8. The van der Waals surface area contributed by atoms with Gasteiger partial charge in [0.15, 0.2) is 0 Å². The summed E-state index contributed by atoms with van der Waals surface area (Å²) in [6.45, 7) is 2.13. The van der Waals surface area contributed by atoms with Gasteiger partial charge in [0.1, 0.15) is 0 Å². The molecule has 4 heteroatoms. The number of esters is 1. The summed E-state index contributed by atoms with van der Waals surface area (Å²) in [7, 11) is 0. The molecule has 0 spiro atoms. The SMILES string of the molecule is CCOC(=O)C=C(c1ccccc1)C(Nc1ccccc1)c1ccc(Cl)cc1. The maximum Gasteiger partial charge on any atom is 0.331 e. The lowest BCUT2D eigenvalue weighted by Crippen LogP contribution is -2.15. The summed E-state index contributed by atoms with van der Waals surface area (Å²) in [6, 6.07) is 27.1. The van der Waals surface area contributed by atoms with Gasteiger partial charge in [-0.1, -0.05) is 72.3 Å². The molecule has 3 aromatic carbocycles. The fraction of sp³-hybridized carbons (Fsp3) is 0.125. The molecule has 3 rings (SSSR count). The Morgan fingerprint density at radius 3 is 2.18 bits per heavy atom. The van der Waals surface area contributed by atoms with Crippen molar-refractivity contribution < 1.29 is 9.53 Å². The van der Waals surface area contributed by atoms with Crippen molar-refractivity contribution in [1.82, 2.24) is 0 Å². The first-order valence-electron chi connectivity index (χ1n) is 9.18. The number of ether oxygens (including phenoxy) is 1. The lowest BCUT2D eigenvalue weighted by Gasteiger charge is -2.24. The molecule has 1 atom stereocenters. The minimum atomic E-state index is -0.366. The highest BCUT2D eigenvalue weighted by Gasteiger charge is 2.20. The van der Waals surface area contributed by atoms with Crippen molar-refractivity contribution in [3.8, 4) is 0 Å². The van der Waals surface area contributed by atoms with E-state index in [9.17, 15) is 4.79 Å². The number of nitrogens with one attached hydrogen (secondary N) is 1. The third-order valence-electron chi connectivity index (χ3n) is 4.27. The van der Waals surface area contributed by atoms with Gasteiger partial charge in [-0.15, -0.1) is 0 Å². The van der Waals surface area contributed by atoms with Crippen molar-refractivity contribution in [2.24, 2.45) is 0 Å². The van der Waals surface area contributed by atoms with Crippen LogP contribution >= 0.6 is 11.6 Å². The second kappa shape index (κ2) is 9.77. The molecule has 1 N–H and O–H groups in total. The van der Waals surface area contributed by atoms with E-state index < -0.39 is 0 Å². The number of para-hydroxylation sites is 1. The molecule has 0 amide bonds. The molecule has 0 radical (unpaired) electrons. The van der Waals surface area contributed by atoms with Gasteiger partial charge in [-0.3, -0.25) is 0 Å². The fourth-order valence-electron chi connectivity index (χ4n) is 2.97. The van der Waals surface area contributed by atoms with Crippen LogP contribution in [0.4, 0.5) is 5.69 Å². The van der Waals surface area contributed by atoms with Gasteiger partial charge in [0.05, 0.1) is 12.6 Å². The molecule has 3 aromatic rings. The Bertz CT molecular complexity index is 922. The Labute approximate surface area is 170 Å². The van der Waals surface area contributed by atoms with E-state index in [4.69, 9.17) is 16.3 Å². The van der Waals surface area contributed by atoms with Gasteiger partial charge in [0.2, 0.25) is 0 Å². The van der Waals surface area contributed by atoms with Gasteiger partial charge in [-0.05, 0) is 47.9 Å². The third-order valence-corrected chi connectivity index (χ3v) is 4.52. The number of hydrogen-bond acceptors (Lipinski definition) is 3. The molecule has 0 aliphatic carbocycles. The van der Waals surface area contributed by atoms with Crippen LogP contribution < -0.4 is 5.32 Å². The Balaban J connectivity index is 2.09. The topological polar surface area (TPSA) is 38.3 Å². The van der Waals surface area contributed by atoms with Crippen LogP contribution in [-0.2, 0) is 9.53 Å². The number of benzene rings is 3. The second-order valence-corrected chi connectivity index (χ2v) is 6.65. The van der Waals surface area contributed by atoms with E-state index >= 15 is 0 Å². The normalized spacial score (nSPS) is 12.3. The molecular formula is C24H22ClNO2. The highest BCUT2D eigenvalue weighted by atomic mass is 35.5. The maximum atomic E-state index is 12.3. The zero-order valence-corrected chi connectivity index (χ0v) is 16.4. The summed E-state index contributed by atoms with van der Waals surface area (Å²) >= 11 is 6.09. The molecule has 0 aliphatic rings. The van der Waals surface area contributed by atoms with Crippen LogP contribution in [0.15, 0.2) is 91.0 Å². The van der Waals surface area contributed by atoms with Crippen LogP contribution in [0.25, 0.3) is 5.57 Å². The fourth-order valence-corrected chi connectivity index (χ4v) is 3.10. The standard InChI is InChI=1S/C24H22ClNO2/c1-2-28-23(27)17-22(18-9-5-3-6-10-18)24(19-13-15-20(25)16-14-19)26-21-11-7-4-8-12-21/h3-17,24,26H,2H2,1H3. The van der Waals surface area contributed by atoms with Gasteiger partial charge in [0.25, 0.3) is 0 Å². The lowest BCUT2D eigenvalue weighted by molar-refractivity contribution is -0.137. The molecule has 0 heterocycles. The number of carbonyl (C=O) groups excluding carboxylic acids is 1. The highest BCUT2D eigenvalue weighted by molar-refractivity contribution is 6.30. The van der Waals surface area contributed by atoms with Gasteiger partial charge in [-0.25, -0.2) is 4.79 Å². The Morgan fingerprint density at radius 1 is 0.964 bits per heavy atom. The molecule has 0 saturated carbocycles. The molecule has 1 unspecified atom stereocenters. The monoisotopic (exact) mass is 391 g/mol. The number of rotatable bonds is 7. The third kappa shape index (κ3) is 5.24. The predicted octanol–water partition coefficient (Wildman–Crippen LogP) is 6.14. The van der Waals surface area contributed by atoms with Crippen LogP contribution in [-0.4, -0.2) is 12.6 Å². The quantitative estimate of drug-likeness (QED) is 0.388. The van der Waals surface area contributed by atoms with Crippen molar-refractivity contribution in [1.29, 1.82) is 0 Å². The van der Waals surface area contributed by atoms with Crippen LogP contribution in [0.1, 0.15) is 24.1 Å². The summed E-state index contributed by atoms with van der Waals surface area (Å²) in [6.07, 6.45) is 1.56. The minimum absolute atomic E-state index is 0.258. The molecule has 142 valence electrons. The van der Waals surface area contributed by atoms with Crippen molar-refractivity contribution in [2.45, 2.75) is 13.0 Å². The average Bonchev–Trinajstić information content (AvgIpc) is 2.73. The minimum Gasteiger partial charge on any atom is -0.463 e. The summed E-state index contributed by atoms with van der Waals surface area (Å²) in [5, 5.41) is 4.21. The Hall–Kier alpha value is -3.04. The van der Waals surface area contributed by atoms with Gasteiger partial charge in [-0.2, -0.15) is 0 Å². The van der Waals surface area contributed by atoms with Crippen molar-refractivity contribution in [3.05, 3.63) is 107 Å². The summed E-state index contributed by atoms with van der Waals surface area (Å²) < 4.78 is 5.19. The molecule has 0 fully saturated rings. The number of anilines is 1. The first-order valence-corrected chi connectivity index (χ1v) is 9.56. The average molecular weight is 392 g/mol. The van der Waals surface area contributed by atoms with Crippen LogP contribution in [0.3, 0.4) is 0 Å². The van der Waals surface area contributed by atoms with Gasteiger partial charge in [0, 0.05) is 16.8 Å². The Morgan fingerprint density at radius 2 is 1.57 bits per heavy atom. The van der Waals surface area contributed by atoms with E-state index in [-0.39, 0.29) is 12.0 Å². The maximum absolute atomic E-state index is 12.3. The van der Waals surface area contributed by atoms with Crippen molar-refractivity contribution >= 4 is 28.8 Å². The number of halogens is 1. The summed E-state index contributed by atoms with van der Waals surface area (Å²) in [4.78, 5) is 12.3. The van der Waals surface area contributed by atoms with Crippen LogP contribution in [0.2, 0.25) is 5.02 Å². The molecule has 0 bridgehead atoms. The van der Waals surface area contributed by atoms with E-state index in [0.717, 1.165) is 22.4 Å². The number of hydrogen-bond donors (Lipinski definition) is 1. The second-order valence-electron chi connectivity index (χ2n) is 6.21. The first kappa shape index (κ1) is 19.7. The molecule has 28 heavy (non-hydrogen) atoms. The molecule has 0 saturated heterocycles. The van der Waals surface area contributed by atoms with E-state index in [1.54, 1.807) is 13.0 Å².